The van der Waals surface area contributed by atoms with Crippen LogP contribution in [0.1, 0.15) is 30.4 Å². The van der Waals surface area contributed by atoms with Crippen LogP contribution in [0.3, 0.4) is 0 Å². The first kappa shape index (κ1) is 22.8. The van der Waals surface area contributed by atoms with Crippen molar-refractivity contribution in [3.63, 3.8) is 0 Å². The van der Waals surface area contributed by atoms with Crippen molar-refractivity contribution in [3.05, 3.63) is 64.1 Å². The van der Waals surface area contributed by atoms with Gasteiger partial charge in [0.1, 0.15) is 0 Å². The fourth-order valence-electron chi connectivity index (χ4n) is 4.40. The average molecular weight is 499 g/mol. The third-order valence-corrected chi connectivity index (χ3v) is 6.67. The molecule has 6 nitrogen and oxygen atoms in total. The van der Waals surface area contributed by atoms with Gasteiger partial charge in [-0.05, 0) is 42.2 Å². The van der Waals surface area contributed by atoms with Crippen LogP contribution in [0.2, 0.25) is 0 Å². The molecule has 1 saturated heterocycles. The van der Waals surface area contributed by atoms with E-state index in [1.807, 2.05) is 17.0 Å². The van der Waals surface area contributed by atoms with Gasteiger partial charge in [0.25, 0.3) is 0 Å². The van der Waals surface area contributed by atoms with Crippen LogP contribution in [-0.2, 0) is 22.7 Å². The highest BCUT2D eigenvalue weighted by molar-refractivity contribution is 9.10. The van der Waals surface area contributed by atoms with E-state index in [2.05, 4.69) is 62.5 Å². The first-order chi connectivity index (χ1) is 15.6. The maximum Gasteiger partial charge on any atom is 0.242 e. The number of hydrogen-bond acceptors (Lipinski definition) is 4. The molecule has 2 aromatic carbocycles. The van der Waals surface area contributed by atoms with E-state index in [-0.39, 0.29) is 18.4 Å². The van der Waals surface area contributed by atoms with Gasteiger partial charge in [-0.1, -0.05) is 46.3 Å². The number of benzene rings is 2. The normalized spacial score (nSPS) is 18.1. The van der Waals surface area contributed by atoms with E-state index in [0.717, 1.165) is 54.7 Å². The van der Waals surface area contributed by atoms with Crippen molar-refractivity contribution in [2.45, 2.75) is 32.4 Å². The molecule has 170 valence electrons. The van der Waals surface area contributed by atoms with E-state index in [9.17, 15) is 9.59 Å². The first-order valence-corrected chi connectivity index (χ1v) is 12.2. The second-order valence-electron chi connectivity index (χ2n) is 8.58. The van der Waals surface area contributed by atoms with Crippen molar-refractivity contribution < 1.29 is 9.59 Å². The third-order valence-electron chi connectivity index (χ3n) is 6.18. The zero-order chi connectivity index (χ0) is 22.3. The van der Waals surface area contributed by atoms with E-state index in [0.29, 0.717) is 26.1 Å². The Morgan fingerprint density at radius 3 is 2.62 bits per heavy atom. The lowest BCUT2D eigenvalue weighted by Crippen LogP contribution is -2.43. The van der Waals surface area contributed by atoms with Gasteiger partial charge in [0.15, 0.2) is 0 Å². The van der Waals surface area contributed by atoms with Crippen molar-refractivity contribution in [1.29, 1.82) is 0 Å². The topological polar surface area (TPSA) is 55.9 Å². The summed E-state index contributed by atoms with van der Waals surface area (Å²) in [5.74, 6) is 0.108. The highest BCUT2D eigenvalue weighted by Gasteiger charge is 2.26. The van der Waals surface area contributed by atoms with Gasteiger partial charge in [0, 0.05) is 62.4 Å². The predicted octanol–water partition coefficient (Wildman–Crippen LogP) is 3.72. The number of anilines is 1. The Bertz CT molecular complexity index is 937. The largest absolute Gasteiger partial charge is 0.385 e. The number of nitrogens with zero attached hydrogens (tertiary/aromatic N) is 3. The van der Waals surface area contributed by atoms with Crippen molar-refractivity contribution in [3.8, 4) is 0 Å². The number of rotatable bonds is 4. The molecular formula is C25H31BrN4O2. The lowest BCUT2D eigenvalue weighted by molar-refractivity contribution is -0.138. The molecule has 0 unspecified atom stereocenters. The zero-order valence-corrected chi connectivity index (χ0v) is 20.0. The van der Waals surface area contributed by atoms with E-state index in [1.165, 1.54) is 5.56 Å². The number of carbonyl (C=O) groups excluding carboxylic acids is 2. The molecule has 2 heterocycles. The Morgan fingerprint density at radius 1 is 1.00 bits per heavy atom. The quantitative estimate of drug-likeness (QED) is 0.697. The molecule has 1 fully saturated rings. The lowest BCUT2D eigenvalue weighted by Gasteiger charge is -2.29. The van der Waals surface area contributed by atoms with Crippen molar-refractivity contribution in [1.82, 2.24) is 14.7 Å². The van der Waals surface area contributed by atoms with Crippen molar-refractivity contribution in [2.24, 2.45) is 0 Å². The number of carbonyl (C=O) groups is 2. The molecule has 2 aliphatic heterocycles. The van der Waals surface area contributed by atoms with E-state index in [1.54, 1.807) is 4.90 Å². The molecule has 0 aliphatic carbocycles. The summed E-state index contributed by atoms with van der Waals surface area (Å²) < 4.78 is 1.00. The van der Waals surface area contributed by atoms with Crippen LogP contribution in [0.5, 0.6) is 0 Å². The van der Waals surface area contributed by atoms with Gasteiger partial charge in [0.2, 0.25) is 11.8 Å². The minimum absolute atomic E-state index is 0.0186. The fraction of sp³-hybridized carbons (Fsp3) is 0.440. The van der Waals surface area contributed by atoms with Crippen LogP contribution in [-0.4, -0.2) is 65.8 Å². The summed E-state index contributed by atoms with van der Waals surface area (Å²) in [7, 11) is 0. The van der Waals surface area contributed by atoms with E-state index >= 15 is 0 Å². The van der Waals surface area contributed by atoms with Crippen LogP contribution in [0.25, 0.3) is 0 Å². The van der Waals surface area contributed by atoms with Crippen LogP contribution >= 0.6 is 15.9 Å². The molecule has 0 spiro atoms. The Labute approximate surface area is 198 Å². The number of amides is 2. The van der Waals surface area contributed by atoms with Gasteiger partial charge >= 0.3 is 0 Å². The van der Waals surface area contributed by atoms with Gasteiger partial charge in [-0.3, -0.25) is 14.5 Å². The molecule has 0 radical (unpaired) electrons. The van der Waals surface area contributed by atoms with Gasteiger partial charge in [-0.2, -0.15) is 0 Å². The summed E-state index contributed by atoms with van der Waals surface area (Å²) in [6.45, 7) is 5.54. The number of nitrogens with one attached hydrogen (secondary N) is 1. The summed E-state index contributed by atoms with van der Waals surface area (Å²) in [5.41, 5.74) is 3.44. The number of hydrogen-bond donors (Lipinski definition) is 1. The second-order valence-corrected chi connectivity index (χ2v) is 9.49. The lowest BCUT2D eigenvalue weighted by atomic mass is 10.1. The molecule has 2 aliphatic rings. The van der Waals surface area contributed by atoms with E-state index < -0.39 is 0 Å². The Morgan fingerprint density at radius 2 is 1.84 bits per heavy atom. The Balaban J connectivity index is 1.53. The maximum absolute atomic E-state index is 13.3. The van der Waals surface area contributed by atoms with Crippen LogP contribution in [0.15, 0.2) is 53.0 Å². The first-order valence-electron chi connectivity index (χ1n) is 11.4. The molecule has 1 N–H and O–H groups in total. The van der Waals surface area contributed by atoms with E-state index in [4.69, 9.17) is 0 Å². The molecule has 4 rings (SSSR count). The molecule has 2 aromatic rings. The molecule has 0 aromatic heterocycles. The monoisotopic (exact) mass is 498 g/mol. The molecule has 0 atom stereocenters. The minimum Gasteiger partial charge on any atom is -0.385 e. The minimum atomic E-state index is 0.0186. The molecule has 2 amide bonds. The van der Waals surface area contributed by atoms with Crippen LogP contribution in [0.4, 0.5) is 5.69 Å². The van der Waals surface area contributed by atoms with Crippen molar-refractivity contribution in [2.75, 3.05) is 44.6 Å². The summed E-state index contributed by atoms with van der Waals surface area (Å²) in [4.78, 5) is 31.4. The summed E-state index contributed by atoms with van der Waals surface area (Å²) in [6.07, 6.45) is 2.42. The Kier molecular flexibility index (Phi) is 7.81. The van der Waals surface area contributed by atoms with Crippen LogP contribution in [0, 0.1) is 0 Å². The number of halogens is 1. The average Bonchev–Trinajstić information content (AvgIpc) is 3.17. The summed E-state index contributed by atoms with van der Waals surface area (Å²) in [5, 5.41) is 3.56. The predicted molar refractivity (Wildman–Crippen MR) is 130 cm³/mol. The maximum atomic E-state index is 13.3. The highest BCUT2D eigenvalue weighted by Crippen LogP contribution is 2.24. The highest BCUT2D eigenvalue weighted by atomic mass is 79.9. The smallest absolute Gasteiger partial charge is 0.242 e. The third kappa shape index (κ3) is 6.11. The molecule has 0 bridgehead atoms. The zero-order valence-electron chi connectivity index (χ0n) is 18.4. The summed E-state index contributed by atoms with van der Waals surface area (Å²) in [6, 6.07) is 16.7. The van der Waals surface area contributed by atoms with Crippen LogP contribution < -0.4 is 5.32 Å². The molecular weight excluding hydrogens is 468 g/mol. The molecule has 0 saturated carbocycles. The molecule has 7 heteroatoms. The SMILES string of the molecule is O=C1CCCN1CC(=O)N1CCN(Cc2ccccc2)CCCNc2ccc(Br)cc2C1. The summed E-state index contributed by atoms with van der Waals surface area (Å²) >= 11 is 3.58. The van der Waals surface area contributed by atoms with Gasteiger partial charge in [-0.15, -0.1) is 0 Å². The van der Waals surface area contributed by atoms with Gasteiger partial charge in [-0.25, -0.2) is 0 Å². The van der Waals surface area contributed by atoms with Gasteiger partial charge in [0.05, 0.1) is 6.54 Å². The fourth-order valence-corrected chi connectivity index (χ4v) is 4.81. The number of likely N-dealkylation sites (tertiary alicyclic amines) is 1. The second kappa shape index (κ2) is 11.0. The standard InChI is InChI=1S/C25H31BrN4O2/c26-22-9-10-23-21(16-22)18-30(25(32)19-29-13-4-8-24(29)31)15-14-28(12-5-11-27-23)17-20-6-2-1-3-7-20/h1-3,6-7,9-10,16,27H,4-5,8,11-15,17-19H2. The Hall–Kier alpha value is -2.38. The number of fused-ring (bicyclic) bond motifs is 1. The van der Waals surface area contributed by atoms with Gasteiger partial charge < -0.3 is 15.1 Å². The van der Waals surface area contributed by atoms with Crippen molar-refractivity contribution >= 4 is 33.4 Å². The molecule has 32 heavy (non-hydrogen) atoms.